The monoisotopic (exact) mass is 944 g/mol. The van der Waals surface area contributed by atoms with E-state index in [-0.39, 0.29) is 32.6 Å². The molecule has 2 amide bonds. The molecule has 0 radical (unpaired) electrons. The molecule has 2 aromatic carbocycles. The Morgan fingerprint density at radius 3 is 1.49 bits per heavy atom. The van der Waals surface area contributed by atoms with Crippen LogP contribution in [0.25, 0.3) is 22.5 Å². The number of rotatable bonds is 7. The predicted molar refractivity (Wildman–Crippen MR) is 255 cm³/mol. The topological polar surface area (TPSA) is 140 Å². The number of likely N-dealkylation sites (tertiary alicyclic amines) is 2. The van der Waals surface area contributed by atoms with E-state index in [0.717, 1.165) is 45.4 Å². The Morgan fingerprint density at radius 1 is 0.635 bits per heavy atom. The highest BCUT2D eigenvalue weighted by atomic mass is 79.9. The number of hydrogen-bond donors (Lipinski definition) is 0. The molecule has 0 spiro atoms. The lowest BCUT2D eigenvalue weighted by molar-refractivity contribution is 0.0646. The summed E-state index contributed by atoms with van der Waals surface area (Å²) in [5.74, 6) is -0.00638. The highest BCUT2D eigenvalue weighted by molar-refractivity contribution is 9.08. The van der Waals surface area contributed by atoms with E-state index >= 15 is 0 Å². The molecule has 2 fully saturated rings. The number of nitrogens with zero attached hydrogens (tertiary/aromatic N) is 8. The van der Waals surface area contributed by atoms with Gasteiger partial charge < -0.3 is 9.80 Å². The minimum atomic E-state index is -0.509. The molecule has 13 heteroatoms. The van der Waals surface area contributed by atoms with Crippen LogP contribution in [0.15, 0.2) is 134 Å². The second-order valence-corrected chi connectivity index (χ2v) is 16.0. The lowest BCUT2D eigenvalue weighted by atomic mass is 9.75. The fourth-order valence-corrected chi connectivity index (χ4v) is 8.32. The molecule has 2 aliphatic rings. The van der Waals surface area contributed by atoms with Crippen molar-refractivity contribution in [1.82, 2.24) is 29.7 Å². The Kier molecular flexibility index (Phi) is 19.4. The van der Waals surface area contributed by atoms with Gasteiger partial charge in [0.2, 0.25) is 0 Å². The number of amides is 2. The van der Waals surface area contributed by atoms with Gasteiger partial charge in [-0.15, -0.1) is 0 Å². The van der Waals surface area contributed by atoms with E-state index in [1.807, 2.05) is 88.7 Å². The van der Waals surface area contributed by atoms with Crippen molar-refractivity contribution >= 4 is 50.9 Å². The van der Waals surface area contributed by atoms with E-state index in [1.54, 1.807) is 55.4 Å². The quantitative estimate of drug-likeness (QED) is 0.144. The number of carbonyl (C=O) groups excluding carboxylic acids is 2. The smallest absolute Gasteiger partial charge is 0.256 e. The number of pyridine rings is 4. The zero-order chi connectivity index (χ0) is 43.0. The van der Waals surface area contributed by atoms with Crippen LogP contribution in [0.4, 0.5) is 0 Å². The lowest BCUT2D eigenvalue weighted by Gasteiger charge is -2.37. The summed E-state index contributed by atoms with van der Waals surface area (Å²) in [6.45, 7) is 2.31. The third-order valence-electron chi connectivity index (χ3n) is 10.8. The van der Waals surface area contributed by atoms with Gasteiger partial charge in [-0.2, -0.15) is 10.5 Å². The molecule has 4 aromatic heterocycles. The SMILES string of the molecule is C.C.Clc1ccccc1CBr.N#CC1(Cc2ccccc2Cl)CCN(C(=O)c2cccnc2-c2ccncc2)CC1.N#CC1CCN(C(=O)c2cccnc2-c2ccncc2)CC1. The number of alkyl halides is 1. The van der Waals surface area contributed by atoms with Crippen LogP contribution in [0.1, 0.15) is 72.4 Å². The van der Waals surface area contributed by atoms with E-state index in [2.05, 4.69) is 48.0 Å². The second kappa shape index (κ2) is 24.6. The van der Waals surface area contributed by atoms with Gasteiger partial charge in [0.1, 0.15) is 0 Å². The minimum absolute atomic E-state index is 0. The summed E-state index contributed by atoms with van der Waals surface area (Å²) in [4.78, 5) is 46.5. The Hall–Kier alpha value is -5.98. The Balaban J connectivity index is 0.000000231. The lowest BCUT2D eigenvalue weighted by Crippen LogP contribution is -2.43. The molecule has 8 rings (SSSR count). The van der Waals surface area contributed by atoms with Gasteiger partial charge in [0.05, 0.1) is 40.1 Å². The maximum atomic E-state index is 13.3. The van der Waals surface area contributed by atoms with Crippen LogP contribution in [-0.2, 0) is 11.8 Å². The van der Waals surface area contributed by atoms with Gasteiger partial charge in [0.25, 0.3) is 11.8 Å². The third kappa shape index (κ3) is 13.0. The van der Waals surface area contributed by atoms with E-state index in [1.165, 1.54) is 0 Å². The van der Waals surface area contributed by atoms with Crippen molar-refractivity contribution in [2.75, 3.05) is 26.2 Å². The highest BCUT2D eigenvalue weighted by Gasteiger charge is 2.37. The molecule has 0 unspecified atom stereocenters. The largest absolute Gasteiger partial charge is 0.338 e. The van der Waals surface area contributed by atoms with Gasteiger partial charge in [0.15, 0.2) is 0 Å². The summed E-state index contributed by atoms with van der Waals surface area (Å²) in [5, 5.41) is 21.2. The van der Waals surface area contributed by atoms with Crippen LogP contribution in [0.2, 0.25) is 10.0 Å². The van der Waals surface area contributed by atoms with Crippen molar-refractivity contribution in [3.63, 3.8) is 0 Å². The van der Waals surface area contributed by atoms with Crippen LogP contribution in [-0.4, -0.2) is 67.7 Å². The standard InChI is InChI=1S/C24H21ClN4O.C17H16N4O.C7H6BrCl.2CH4/c25-21-6-2-1-4-19(21)16-24(17-26)9-14-29(15-10-24)23(30)20-5-3-11-28-22(20)18-7-12-27-13-8-18;18-12-13-5-10-21(11-6-13)17(22)15-2-1-7-20-16(15)14-3-8-19-9-4-14;8-5-6-3-1-2-4-7(6)9;;/h1-8,11-13H,9-10,14-16H2;1-4,7-9,13H,5-6,10-11H2;1-4H,5H2;2*1H4. The predicted octanol–water partition coefficient (Wildman–Crippen LogP) is 11.8. The summed E-state index contributed by atoms with van der Waals surface area (Å²) >= 11 is 15.4. The molecule has 6 heterocycles. The van der Waals surface area contributed by atoms with Gasteiger partial charge in [-0.1, -0.05) is 90.4 Å². The number of nitriles is 2. The summed E-state index contributed by atoms with van der Waals surface area (Å²) in [7, 11) is 0. The van der Waals surface area contributed by atoms with Crippen LogP contribution in [0.3, 0.4) is 0 Å². The first kappa shape index (κ1) is 49.7. The molecule has 0 N–H and O–H groups in total. The minimum Gasteiger partial charge on any atom is -0.338 e. The highest BCUT2D eigenvalue weighted by Crippen LogP contribution is 2.37. The first-order chi connectivity index (χ1) is 29.8. The van der Waals surface area contributed by atoms with Crippen molar-refractivity contribution in [3.05, 3.63) is 167 Å². The molecule has 63 heavy (non-hydrogen) atoms. The molecule has 6 aromatic rings. The van der Waals surface area contributed by atoms with Crippen LogP contribution >= 0.6 is 39.1 Å². The normalized spacial score (nSPS) is 14.0. The van der Waals surface area contributed by atoms with E-state index < -0.39 is 5.41 Å². The van der Waals surface area contributed by atoms with Crippen molar-refractivity contribution in [2.24, 2.45) is 11.3 Å². The molecule has 10 nitrogen and oxygen atoms in total. The molecule has 0 aliphatic carbocycles. The number of piperidine rings is 2. The van der Waals surface area contributed by atoms with Crippen molar-refractivity contribution < 1.29 is 9.59 Å². The Labute approximate surface area is 389 Å². The fraction of sp³-hybridized carbons (Fsp3) is 0.280. The van der Waals surface area contributed by atoms with Crippen molar-refractivity contribution in [2.45, 2.75) is 52.3 Å². The molecule has 0 bridgehead atoms. The molecule has 2 saturated heterocycles. The van der Waals surface area contributed by atoms with E-state index in [4.69, 9.17) is 28.5 Å². The second-order valence-electron chi connectivity index (χ2n) is 14.6. The summed E-state index contributed by atoms with van der Waals surface area (Å²) in [5.41, 5.74) is 5.84. The van der Waals surface area contributed by atoms with Crippen LogP contribution in [0, 0.1) is 34.0 Å². The molecule has 0 saturated carbocycles. The van der Waals surface area contributed by atoms with Crippen molar-refractivity contribution in [1.29, 1.82) is 10.5 Å². The van der Waals surface area contributed by atoms with Gasteiger partial charge >= 0.3 is 0 Å². The molecular weight excluding hydrogens is 895 g/mol. The maximum Gasteiger partial charge on any atom is 0.256 e. The first-order valence-corrected chi connectivity index (χ1v) is 21.8. The van der Waals surface area contributed by atoms with Crippen LogP contribution in [0.5, 0.6) is 0 Å². The number of carbonyl (C=O) groups is 2. The van der Waals surface area contributed by atoms with E-state index in [9.17, 15) is 14.9 Å². The summed E-state index contributed by atoms with van der Waals surface area (Å²) in [6, 6.07) is 34.8. The number of halogens is 3. The molecule has 2 aliphatic heterocycles. The van der Waals surface area contributed by atoms with Crippen molar-refractivity contribution in [3.8, 4) is 34.7 Å². The molecule has 0 atom stereocenters. The van der Waals surface area contributed by atoms with Gasteiger partial charge in [-0.25, -0.2) is 0 Å². The number of aromatic nitrogens is 4. The third-order valence-corrected chi connectivity index (χ3v) is 12.1. The Bertz CT molecular complexity index is 2480. The van der Waals surface area contributed by atoms with Gasteiger partial charge in [0, 0.05) is 95.8 Å². The average Bonchev–Trinajstić information content (AvgIpc) is 3.33. The zero-order valence-electron chi connectivity index (χ0n) is 33.4. The fourth-order valence-electron chi connectivity index (χ4n) is 7.27. The zero-order valence-corrected chi connectivity index (χ0v) is 36.5. The van der Waals surface area contributed by atoms with Crippen LogP contribution < -0.4 is 0 Å². The average molecular weight is 947 g/mol. The van der Waals surface area contributed by atoms with Gasteiger partial charge in [-0.05, 0) is 104 Å². The van der Waals surface area contributed by atoms with E-state index in [0.29, 0.717) is 73.0 Å². The molecular formula is C50H51BrCl2N8O2. The Morgan fingerprint density at radius 2 is 1.08 bits per heavy atom. The molecule has 324 valence electrons. The maximum absolute atomic E-state index is 13.3. The number of hydrogen-bond acceptors (Lipinski definition) is 8. The number of benzene rings is 2. The first-order valence-electron chi connectivity index (χ1n) is 19.9. The summed E-state index contributed by atoms with van der Waals surface area (Å²) in [6.07, 6.45) is 13.5. The van der Waals surface area contributed by atoms with Gasteiger partial charge in [-0.3, -0.25) is 29.5 Å². The summed E-state index contributed by atoms with van der Waals surface area (Å²) < 4.78 is 0.